The lowest BCUT2D eigenvalue weighted by Gasteiger charge is -2.15. The molecule has 2 aromatic carbocycles. The number of nitrogen functional groups attached to an aromatic ring is 1. The van der Waals surface area contributed by atoms with Crippen molar-refractivity contribution in [3.8, 4) is 0 Å². The highest BCUT2D eigenvalue weighted by Gasteiger charge is 2.18. The molecule has 4 N–H and O–H groups in total. The Bertz CT molecular complexity index is 1690. The van der Waals surface area contributed by atoms with Crippen LogP contribution in [-0.2, 0) is 9.13 Å². The lowest BCUT2D eigenvalue weighted by molar-refractivity contribution is 0.287. The van der Waals surface area contributed by atoms with E-state index in [2.05, 4.69) is 64.0 Å². The van der Waals surface area contributed by atoms with Crippen LogP contribution < -0.4 is 21.7 Å². The summed E-state index contributed by atoms with van der Waals surface area (Å²) in [7, 11) is -4.70. The molecule has 0 aliphatic rings. The van der Waals surface area contributed by atoms with Crippen molar-refractivity contribution in [2.45, 2.75) is 19.8 Å². The van der Waals surface area contributed by atoms with E-state index in [4.69, 9.17) is 68.8 Å². The zero-order valence-corrected chi connectivity index (χ0v) is 34.2. The number of nitrogens with two attached hydrogens (primary N) is 1. The van der Waals surface area contributed by atoms with Crippen molar-refractivity contribution in [2.75, 3.05) is 44.3 Å². The Hall–Kier alpha value is -0.970. The Labute approximate surface area is 311 Å². The van der Waals surface area contributed by atoms with Gasteiger partial charge in [-0.1, -0.05) is 80.0 Å². The van der Waals surface area contributed by atoms with Gasteiger partial charge in [-0.05, 0) is 92.7 Å². The van der Waals surface area contributed by atoms with E-state index >= 15 is 0 Å². The number of aliphatic hydroxyl groups is 1. The Balaban J connectivity index is 0.000000345. The third-order valence-electron chi connectivity index (χ3n) is 5.26. The average Bonchev–Trinajstić information content (AvgIpc) is 2.95. The van der Waals surface area contributed by atoms with E-state index in [-0.39, 0.29) is 15.7 Å². The molecule has 2 aromatic heterocycles. The van der Waals surface area contributed by atoms with Gasteiger partial charge in [-0.3, -0.25) is 0 Å². The van der Waals surface area contributed by atoms with Crippen LogP contribution in [0.5, 0.6) is 0 Å². The number of nitrogens with zero attached hydrogens (tertiary/aromatic N) is 4. The lowest BCUT2D eigenvalue weighted by atomic mass is 10.3. The summed E-state index contributed by atoms with van der Waals surface area (Å²) >= 11 is 34.7. The number of unbranched alkanes of at least 4 members (excludes halogenated alkanes) is 1. The number of halogens is 7. The number of hydrogen-bond donors (Lipinski definition) is 3. The molecule has 4 aromatic rings. The van der Waals surface area contributed by atoms with Gasteiger partial charge in [-0.15, -0.1) is 0 Å². The van der Waals surface area contributed by atoms with Crippen LogP contribution in [0.25, 0.3) is 0 Å². The molecule has 18 heteroatoms. The minimum absolute atomic E-state index is 0.0896. The number of aliphatic hydroxyl groups excluding tert-OH is 1. The van der Waals surface area contributed by atoms with Crippen molar-refractivity contribution in [3.63, 3.8) is 0 Å². The maximum Gasteiger partial charge on any atom is 0.224 e. The molecule has 0 unspecified atom stereocenters. The molecule has 0 saturated carbocycles. The average molecular weight is 901 g/mol. The summed E-state index contributed by atoms with van der Waals surface area (Å²) in [5.74, 6) is 0.378. The number of benzene rings is 2. The number of nitrogens with one attached hydrogen (secondary N) is 1. The van der Waals surface area contributed by atoms with Crippen LogP contribution in [0.15, 0.2) is 57.7 Å². The summed E-state index contributed by atoms with van der Waals surface area (Å²) in [6, 6.07) is 10.9. The second-order valence-corrected chi connectivity index (χ2v) is 19.9. The Morgan fingerprint density at radius 2 is 1.30 bits per heavy atom. The molecule has 4 rings (SSSR count). The monoisotopic (exact) mass is 896 g/mol. The fourth-order valence-electron chi connectivity index (χ4n) is 3.08. The Morgan fingerprint density at radius 3 is 1.74 bits per heavy atom. The predicted octanol–water partition coefficient (Wildman–Crippen LogP) is 10.0. The van der Waals surface area contributed by atoms with Crippen molar-refractivity contribution < 1.29 is 14.2 Å². The lowest BCUT2D eigenvalue weighted by Crippen LogP contribution is -2.10. The Kier molecular flexibility index (Phi) is 19.2. The molecule has 0 amide bonds. The second-order valence-electron chi connectivity index (χ2n) is 9.88. The Morgan fingerprint density at radius 1 is 0.804 bits per heavy atom. The first kappa shape index (κ1) is 43.1. The van der Waals surface area contributed by atoms with Crippen molar-refractivity contribution >= 4 is 132 Å². The van der Waals surface area contributed by atoms with E-state index in [0.717, 1.165) is 27.1 Å². The van der Waals surface area contributed by atoms with E-state index in [1.54, 1.807) is 32.7 Å². The minimum Gasteiger partial charge on any atom is -0.398 e. The first-order chi connectivity index (χ1) is 21.3. The highest BCUT2D eigenvalue weighted by molar-refractivity contribution is 9.10. The fraction of sp³-hybridized carbons (Fsp3) is 0.286. The minimum atomic E-state index is -2.46. The number of aromatic nitrogens is 4. The summed E-state index contributed by atoms with van der Waals surface area (Å²) < 4.78 is 25.8. The van der Waals surface area contributed by atoms with Crippen molar-refractivity contribution in [3.05, 3.63) is 83.5 Å². The number of anilines is 3. The molecule has 2 heterocycles. The highest BCUT2D eigenvalue weighted by Crippen LogP contribution is 2.40. The summed E-state index contributed by atoms with van der Waals surface area (Å²) in [4.78, 5) is 14.9. The van der Waals surface area contributed by atoms with Crippen molar-refractivity contribution in [1.82, 2.24) is 19.9 Å². The highest BCUT2D eigenvalue weighted by atomic mass is 79.9. The van der Waals surface area contributed by atoms with Gasteiger partial charge in [-0.2, -0.15) is 4.98 Å². The van der Waals surface area contributed by atoms with Gasteiger partial charge in [-0.25, -0.2) is 15.0 Å². The van der Waals surface area contributed by atoms with Gasteiger partial charge >= 0.3 is 0 Å². The molecule has 0 aliphatic carbocycles. The van der Waals surface area contributed by atoms with Crippen LogP contribution in [0.1, 0.15) is 19.8 Å². The first-order valence-electron chi connectivity index (χ1n) is 13.1. The SMILES string of the molecule is CCCCO.CP(C)(=O)c1cc(Br)ccc1N.CP(C)(=O)c1cc(Br)ccc1Nc1nc(Cl)ncc1Cl.Clc1ncc(Cl)c(Cl)n1. The van der Waals surface area contributed by atoms with Crippen molar-refractivity contribution in [1.29, 1.82) is 0 Å². The molecule has 252 valence electrons. The summed E-state index contributed by atoms with van der Waals surface area (Å²) in [6.07, 6.45) is 4.80. The van der Waals surface area contributed by atoms with Gasteiger partial charge in [0, 0.05) is 31.8 Å². The zero-order valence-electron chi connectivity index (χ0n) is 25.4. The third kappa shape index (κ3) is 16.0. The quantitative estimate of drug-likeness (QED) is 0.0746. The molecule has 0 bridgehead atoms. The number of rotatable bonds is 6. The molecule has 0 atom stereocenters. The largest absolute Gasteiger partial charge is 0.398 e. The van der Waals surface area contributed by atoms with Crippen LogP contribution in [0.3, 0.4) is 0 Å². The maximum absolute atomic E-state index is 12.4. The predicted molar refractivity (Wildman–Crippen MR) is 205 cm³/mol. The molecular formula is C28H33Br2Cl5N6O3P2. The summed E-state index contributed by atoms with van der Waals surface area (Å²) in [5.41, 5.74) is 6.96. The molecule has 0 radical (unpaired) electrons. The normalized spacial score (nSPS) is 10.8. The molecule has 0 saturated heterocycles. The standard InChI is InChI=1S/C12H11BrCl2N3OP.C8H11BrNOP.C4HCl3N2.C4H10O/c1-20(2,19)10-5-7(13)3-4-9(10)17-11-8(14)6-16-12(15)18-11;1-12(2,11)8-5-6(9)3-4-7(8)10;5-2-1-8-4(7)9-3(2)6;1-2-3-4-5/h3-6H,1-2H3,(H,16,17,18);3-5H,10H2,1-2H3;1H;5H,2-4H2,1H3. The van der Waals surface area contributed by atoms with Crippen LogP contribution in [-0.4, -0.2) is 58.3 Å². The van der Waals surface area contributed by atoms with E-state index < -0.39 is 14.3 Å². The second kappa shape index (κ2) is 20.5. The van der Waals surface area contributed by atoms with Crippen LogP contribution in [0.2, 0.25) is 25.8 Å². The molecular weight excluding hydrogens is 867 g/mol. The fourth-order valence-corrected chi connectivity index (χ4v) is 7.14. The van der Waals surface area contributed by atoms with E-state index in [0.29, 0.717) is 39.1 Å². The molecule has 0 fully saturated rings. The summed E-state index contributed by atoms with van der Waals surface area (Å²) in [5, 5.41) is 13.6. The smallest absolute Gasteiger partial charge is 0.224 e. The summed E-state index contributed by atoms with van der Waals surface area (Å²) in [6.45, 7) is 9.23. The van der Waals surface area contributed by atoms with Gasteiger partial charge < -0.3 is 25.3 Å². The van der Waals surface area contributed by atoms with E-state index in [1.165, 1.54) is 12.4 Å². The van der Waals surface area contributed by atoms with Gasteiger partial charge in [0.25, 0.3) is 0 Å². The van der Waals surface area contributed by atoms with E-state index in [9.17, 15) is 9.13 Å². The van der Waals surface area contributed by atoms with Gasteiger partial charge in [0.2, 0.25) is 10.6 Å². The topological polar surface area (TPSA) is 144 Å². The van der Waals surface area contributed by atoms with E-state index in [1.807, 2.05) is 30.3 Å². The third-order valence-corrected chi connectivity index (χ3v) is 10.6. The van der Waals surface area contributed by atoms with Crippen LogP contribution in [0, 0.1) is 0 Å². The zero-order chi connectivity index (χ0) is 35.2. The van der Waals surface area contributed by atoms with Gasteiger partial charge in [0.15, 0.2) is 11.0 Å². The van der Waals surface area contributed by atoms with Gasteiger partial charge in [0.1, 0.15) is 19.3 Å². The van der Waals surface area contributed by atoms with Crippen LogP contribution >= 0.6 is 104 Å². The van der Waals surface area contributed by atoms with Gasteiger partial charge in [0.05, 0.1) is 23.1 Å². The molecule has 9 nitrogen and oxygen atoms in total. The van der Waals surface area contributed by atoms with Crippen LogP contribution in [0.4, 0.5) is 17.2 Å². The molecule has 46 heavy (non-hydrogen) atoms. The molecule has 0 spiro atoms. The maximum atomic E-state index is 12.4. The first-order valence-corrected chi connectivity index (χ1v) is 21.8. The van der Waals surface area contributed by atoms with Crippen molar-refractivity contribution in [2.24, 2.45) is 0 Å². The molecule has 0 aliphatic heterocycles. The number of hydrogen-bond acceptors (Lipinski definition) is 9.